The maximum atomic E-state index is 5.29. The molecule has 0 spiro atoms. The van der Waals surface area contributed by atoms with Crippen LogP contribution in [0.1, 0.15) is 11.6 Å². The Morgan fingerprint density at radius 2 is 1.76 bits per heavy atom. The van der Waals surface area contributed by atoms with Gasteiger partial charge in [-0.2, -0.15) is 0 Å². The van der Waals surface area contributed by atoms with E-state index < -0.39 is 0 Å². The second-order valence-corrected chi connectivity index (χ2v) is 6.67. The van der Waals surface area contributed by atoms with Crippen LogP contribution in [0.15, 0.2) is 48.7 Å². The van der Waals surface area contributed by atoms with Gasteiger partial charge in [-0.1, -0.05) is 18.2 Å². The molecule has 0 saturated carbocycles. The summed E-state index contributed by atoms with van der Waals surface area (Å²) in [5.74, 6) is 3.41. The molecule has 2 fully saturated rings. The van der Waals surface area contributed by atoms with E-state index in [9.17, 15) is 0 Å². The van der Waals surface area contributed by atoms with Crippen LogP contribution in [0.4, 0.5) is 5.82 Å². The maximum absolute atomic E-state index is 5.29. The van der Waals surface area contributed by atoms with Gasteiger partial charge in [0.1, 0.15) is 11.6 Å². The molecule has 136 valence electrons. The van der Waals surface area contributed by atoms with Crippen molar-refractivity contribution in [3.8, 4) is 5.75 Å². The number of anilines is 1. The Morgan fingerprint density at radius 3 is 2.40 bits per heavy atom. The van der Waals surface area contributed by atoms with Gasteiger partial charge in [0.05, 0.1) is 7.11 Å². The summed E-state index contributed by atoms with van der Waals surface area (Å²) in [5.41, 5.74) is 1.39. The minimum Gasteiger partial charge on any atom is -0.497 e. The van der Waals surface area contributed by atoms with Crippen molar-refractivity contribution in [2.45, 2.75) is 6.04 Å². The van der Waals surface area contributed by atoms with Crippen LogP contribution in [0.5, 0.6) is 5.75 Å². The summed E-state index contributed by atoms with van der Waals surface area (Å²) in [6, 6.07) is 15.2. The van der Waals surface area contributed by atoms with E-state index >= 15 is 0 Å². The first-order valence-electron chi connectivity index (χ1n) is 8.26. The van der Waals surface area contributed by atoms with Crippen LogP contribution in [-0.4, -0.2) is 43.7 Å². The van der Waals surface area contributed by atoms with E-state index in [0.717, 1.165) is 31.2 Å². The molecule has 2 aromatic rings. The summed E-state index contributed by atoms with van der Waals surface area (Å²) >= 11 is 0. The second kappa shape index (κ2) is 8.26. The van der Waals surface area contributed by atoms with E-state index in [2.05, 4.69) is 58.2 Å². The number of hydrogen-bond donors (Lipinski definition) is 0. The number of pyridine rings is 1. The molecule has 25 heavy (non-hydrogen) atoms. The standard InChI is InChI=1S/C19H23N3O.2ClH/c1-21-11-15-12-22(18-5-3-4-10-20-18)13-17(15)19(21)14-6-8-16(23-2)9-7-14;;/h3-10,15,17,19H,11-13H2,1-2H3;2*1H/t15-,17+,19+;;/m0../s1. The fourth-order valence-corrected chi connectivity index (χ4v) is 4.29. The third kappa shape index (κ3) is 3.71. The van der Waals surface area contributed by atoms with Gasteiger partial charge < -0.3 is 9.64 Å². The highest BCUT2D eigenvalue weighted by atomic mass is 35.5. The summed E-state index contributed by atoms with van der Waals surface area (Å²) in [7, 11) is 3.97. The normalized spacial score (nSPS) is 25.0. The lowest BCUT2D eigenvalue weighted by atomic mass is 9.89. The van der Waals surface area contributed by atoms with Crippen molar-refractivity contribution in [2.75, 3.05) is 38.7 Å². The number of nitrogens with zero attached hydrogens (tertiary/aromatic N) is 3. The molecular formula is C19H25Cl2N3O. The van der Waals surface area contributed by atoms with Gasteiger partial charge >= 0.3 is 0 Å². The summed E-state index contributed by atoms with van der Waals surface area (Å²) in [5, 5.41) is 0. The molecular weight excluding hydrogens is 357 g/mol. The van der Waals surface area contributed by atoms with Gasteiger partial charge in [-0.3, -0.25) is 4.90 Å². The lowest BCUT2D eigenvalue weighted by molar-refractivity contribution is 0.279. The van der Waals surface area contributed by atoms with Crippen molar-refractivity contribution < 1.29 is 4.74 Å². The summed E-state index contributed by atoms with van der Waals surface area (Å²) < 4.78 is 5.29. The molecule has 0 N–H and O–H groups in total. The molecule has 0 bridgehead atoms. The van der Waals surface area contributed by atoms with E-state index in [1.807, 2.05) is 12.3 Å². The molecule has 3 heterocycles. The fraction of sp³-hybridized carbons (Fsp3) is 0.421. The number of aromatic nitrogens is 1. The molecule has 3 atom stereocenters. The Labute approximate surface area is 162 Å². The lowest BCUT2D eigenvalue weighted by Gasteiger charge is -2.27. The Balaban J connectivity index is 0.00000113. The number of benzene rings is 1. The fourth-order valence-electron chi connectivity index (χ4n) is 4.29. The maximum Gasteiger partial charge on any atom is 0.128 e. The number of ether oxygens (including phenoxy) is 1. The SMILES string of the molecule is COc1ccc([C@@H]2[C@@H]3CN(c4ccccn4)C[C@@H]3CN2C)cc1.Cl.Cl. The van der Waals surface area contributed by atoms with Crippen LogP contribution in [0, 0.1) is 11.8 Å². The first-order valence-corrected chi connectivity index (χ1v) is 8.26. The molecule has 2 aliphatic heterocycles. The molecule has 4 rings (SSSR count). The Kier molecular flexibility index (Phi) is 6.55. The molecule has 0 radical (unpaired) electrons. The molecule has 4 nitrogen and oxygen atoms in total. The average molecular weight is 382 g/mol. The van der Waals surface area contributed by atoms with Crippen LogP contribution in [0.25, 0.3) is 0 Å². The number of halogens is 2. The average Bonchev–Trinajstić information content (AvgIpc) is 3.12. The zero-order valence-corrected chi connectivity index (χ0v) is 16.2. The van der Waals surface area contributed by atoms with Gasteiger partial charge in [-0.15, -0.1) is 24.8 Å². The predicted molar refractivity (Wildman–Crippen MR) is 106 cm³/mol. The number of methoxy groups -OCH3 is 1. The lowest BCUT2D eigenvalue weighted by Crippen LogP contribution is -2.29. The number of fused-ring (bicyclic) bond motifs is 1. The van der Waals surface area contributed by atoms with Gasteiger partial charge in [0.2, 0.25) is 0 Å². The minimum atomic E-state index is 0. The minimum absolute atomic E-state index is 0. The Morgan fingerprint density at radius 1 is 1.00 bits per heavy atom. The van der Waals surface area contributed by atoms with Gasteiger partial charge in [0.25, 0.3) is 0 Å². The van der Waals surface area contributed by atoms with Crippen molar-refractivity contribution in [3.63, 3.8) is 0 Å². The number of hydrogen-bond acceptors (Lipinski definition) is 4. The Bertz CT molecular complexity index is 668. The second-order valence-electron chi connectivity index (χ2n) is 6.67. The van der Waals surface area contributed by atoms with Gasteiger partial charge in [0.15, 0.2) is 0 Å². The molecule has 2 saturated heterocycles. The van der Waals surface area contributed by atoms with Crippen molar-refractivity contribution in [2.24, 2.45) is 11.8 Å². The third-order valence-corrected chi connectivity index (χ3v) is 5.33. The molecule has 1 aromatic heterocycles. The summed E-state index contributed by atoms with van der Waals surface area (Å²) in [6.07, 6.45) is 1.89. The van der Waals surface area contributed by atoms with E-state index in [1.54, 1.807) is 7.11 Å². The predicted octanol–water partition coefficient (Wildman–Crippen LogP) is 3.67. The molecule has 0 unspecified atom stereocenters. The highest BCUT2D eigenvalue weighted by Crippen LogP contribution is 2.44. The summed E-state index contributed by atoms with van der Waals surface area (Å²) in [6.45, 7) is 3.35. The zero-order valence-electron chi connectivity index (χ0n) is 14.5. The Hall–Kier alpha value is -1.49. The number of rotatable bonds is 3. The molecule has 1 aromatic carbocycles. The molecule has 0 amide bonds. The van der Waals surface area contributed by atoms with Gasteiger partial charge in [-0.25, -0.2) is 4.98 Å². The van der Waals surface area contributed by atoms with Crippen LogP contribution in [0.2, 0.25) is 0 Å². The first-order chi connectivity index (χ1) is 11.3. The monoisotopic (exact) mass is 381 g/mol. The third-order valence-electron chi connectivity index (χ3n) is 5.33. The quantitative estimate of drug-likeness (QED) is 0.810. The molecule has 0 aliphatic carbocycles. The first kappa shape index (κ1) is 19.8. The molecule has 6 heteroatoms. The largest absolute Gasteiger partial charge is 0.497 e. The van der Waals surface area contributed by atoms with E-state index in [-0.39, 0.29) is 24.8 Å². The van der Waals surface area contributed by atoms with Crippen molar-refractivity contribution in [1.82, 2.24) is 9.88 Å². The van der Waals surface area contributed by atoms with E-state index in [1.165, 1.54) is 5.56 Å². The zero-order chi connectivity index (χ0) is 15.8. The van der Waals surface area contributed by atoms with Gasteiger partial charge in [0, 0.05) is 37.8 Å². The van der Waals surface area contributed by atoms with Gasteiger partial charge in [-0.05, 0) is 42.8 Å². The smallest absolute Gasteiger partial charge is 0.128 e. The summed E-state index contributed by atoms with van der Waals surface area (Å²) in [4.78, 5) is 9.47. The van der Waals surface area contributed by atoms with Crippen molar-refractivity contribution in [3.05, 3.63) is 54.2 Å². The van der Waals surface area contributed by atoms with Crippen LogP contribution < -0.4 is 9.64 Å². The highest BCUT2D eigenvalue weighted by Gasteiger charge is 2.46. The molecule has 2 aliphatic rings. The van der Waals surface area contributed by atoms with Crippen molar-refractivity contribution in [1.29, 1.82) is 0 Å². The van der Waals surface area contributed by atoms with E-state index in [0.29, 0.717) is 17.9 Å². The van der Waals surface area contributed by atoms with E-state index in [4.69, 9.17) is 4.74 Å². The van der Waals surface area contributed by atoms with Crippen molar-refractivity contribution >= 4 is 30.6 Å². The van der Waals surface area contributed by atoms with Crippen LogP contribution >= 0.6 is 24.8 Å². The van der Waals surface area contributed by atoms with Crippen LogP contribution in [0.3, 0.4) is 0 Å². The van der Waals surface area contributed by atoms with Crippen LogP contribution in [-0.2, 0) is 0 Å². The highest BCUT2D eigenvalue weighted by molar-refractivity contribution is 5.85. The number of likely N-dealkylation sites (tertiary alicyclic amines) is 1. The topological polar surface area (TPSA) is 28.6 Å².